The molecular formula is C14H16BrN3S. The number of aromatic nitrogens is 2. The molecule has 1 aliphatic rings. The summed E-state index contributed by atoms with van der Waals surface area (Å²) in [7, 11) is 0. The molecule has 19 heavy (non-hydrogen) atoms. The van der Waals surface area contributed by atoms with Crippen molar-refractivity contribution in [2.75, 3.05) is 11.9 Å². The van der Waals surface area contributed by atoms with Crippen LogP contribution in [0.4, 0.5) is 5.82 Å². The van der Waals surface area contributed by atoms with Crippen LogP contribution in [-0.4, -0.2) is 16.5 Å². The van der Waals surface area contributed by atoms with E-state index in [0.717, 1.165) is 39.7 Å². The van der Waals surface area contributed by atoms with Gasteiger partial charge >= 0.3 is 0 Å². The summed E-state index contributed by atoms with van der Waals surface area (Å²) < 4.78 is 1.12. The fourth-order valence-electron chi connectivity index (χ4n) is 2.45. The van der Waals surface area contributed by atoms with Crippen molar-refractivity contribution in [1.29, 1.82) is 0 Å². The highest BCUT2D eigenvalue weighted by atomic mass is 79.9. The van der Waals surface area contributed by atoms with Crippen LogP contribution in [0.5, 0.6) is 0 Å². The smallest absolute Gasteiger partial charge is 0.171 e. The van der Waals surface area contributed by atoms with E-state index >= 15 is 0 Å². The third-order valence-electron chi connectivity index (χ3n) is 3.32. The van der Waals surface area contributed by atoms with Crippen molar-refractivity contribution in [3.8, 4) is 10.7 Å². The van der Waals surface area contributed by atoms with Crippen LogP contribution < -0.4 is 5.32 Å². The van der Waals surface area contributed by atoms with Gasteiger partial charge in [0.1, 0.15) is 5.82 Å². The molecule has 0 aromatic carbocycles. The van der Waals surface area contributed by atoms with Crippen LogP contribution in [0.3, 0.4) is 0 Å². The summed E-state index contributed by atoms with van der Waals surface area (Å²) in [4.78, 5) is 10.6. The van der Waals surface area contributed by atoms with E-state index in [2.05, 4.69) is 40.3 Å². The summed E-state index contributed by atoms with van der Waals surface area (Å²) in [5.41, 5.74) is 2.56. The quantitative estimate of drug-likeness (QED) is 0.908. The molecule has 1 aliphatic carbocycles. The van der Waals surface area contributed by atoms with E-state index in [9.17, 15) is 0 Å². The molecule has 0 radical (unpaired) electrons. The number of hydrogen-bond acceptors (Lipinski definition) is 4. The zero-order valence-electron chi connectivity index (χ0n) is 10.9. The Hall–Kier alpha value is -0.940. The highest BCUT2D eigenvalue weighted by molar-refractivity contribution is 9.11. The lowest BCUT2D eigenvalue weighted by molar-refractivity contribution is 0.665. The van der Waals surface area contributed by atoms with Crippen molar-refractivity contribution in [3.63, 3.8) is 0 Å². The van der Waals surface area contributed by atoms with Crippen molar-refractivity contribution < 1.29 is 0 Å². The van der Waals surface area contributed by atoms with Crippen LogP contribution in [0.15, 0.2) is 15.9 Å². The van der Waals surface area contributed by atoms with Crippen LogP contribution in [0.1, 0.15) is 31.0 Å². The minimum Gasteiger partial charge on any atom is -0.370 e. The Kier molecular flexibility index (Phi) is 3.84. The van der Waals surface area contributed by atoms with Crippen LogP contribution >= 0.6 is 27.3 Å². The number of fused-ring (bicyclic) bond motifs is 1. The molecule has 3 rings (SSSR count). The van der Waals surface area contributed by atoms with Crippen molar-refractivity contribution in [1.82, 2.24) is 9.97 Å². The van der Waals surface area contributed by atoms with Gasteiger partial charge in [-0.2, -0.15) is 0 Å². The minimum absolute atomic E-state index is 0.854. The number of nitrogens with zero attached hydrogens (tertiary/aromatic N) is 2. The van der Waals surface area contributed by atoms with Gasteiger partial charge in [-0.1, -0.05) is 0 Å². The molecular weight excluding hydrogens is 322 g/mol. The summed E-state index contributed by atoms with van der Waals surface area (Å²) >= 11 is 5.18. The Morgan fingerprint density at radius 3 is 2.84 bits per heavy atom. The molecule has 5 heteroatoms. The number of halogens is 1. The second kappa shape index (κ2) is 5.59. The van der Waals surface area contributed by atoms with Gasteiger partial charge in [-0.15, -0.1) is 11.3 Å². The Balaban J connectivity index is 2.08. The Labute approximate surface area is 125 Å². The van der Waals surface area contributed by atoms with Gasteiger partial charge in [-0.05, 0) is 60.7 Å². The van der Waals surface area contributed by atoms with E-state index in [1.165, 1.54) is 24.1 Å². The molecule has 0 unspecified atom stereocenters. The first kappa shape index (κ1) is 13.1. The molecule has 0 amide bonds. The maximum Gasteiger partial charge on any atom is 0.171 e. The van der Waals surface area contributed by atoms with Gasteiger partial charge in [-0.3, -0.25) is 0 Å². The standard InChI is InChI=1S/C14H16BrN3S/c1-2-16-13-9-5-3-4-6-10(9)17-14(18-13)11-7-8-12(15)19-11/h7-8H,2-6H2,1H3,(H,16,17,18). The second-order valence-electron chi connectivity index (χ2n) is 4.66. The number of thiophene rings is 1. The SMILES string of the molecule is CCNc1nc(-c2ccc(Br)s2)nc2c1CCCC2. The molecule has 0 aliphatic heterocycles. The molecule has 0 bridgehead atoms. The van der Waals surface area contributed by atoms with E-state index in [-0.39, 0.29) is 0 Å². The summed E-state index contributed by atoms with van der Waals surface area (Å²) in [6, 6.07) is 4.13. The Morgan fingerprint density at radius 2 is 2.11 bits per heavy atom. The molecule has 3 nitrogen and oxygen atoms in total. The number of aryl methyl sites for hydroxylation is 1. The second-order valence-corrected chi connectivity index (χ2v) is 7.13. The van der Waals surface area contributed by atoms with Crippen molar-refractivity contribution >= 4 is 33.1 Å². The average Bonchev–Trinajstić information content (AvgIpc) is 2.86. The predicted octanol–water partition coefficient (Wildman–Crippen LogP) is 4.28. The maximum atomic E-state index is 4.78. The topological polar surface area (TPSA) is 37.8 Å². The first-order valence-electron chi connectivity index (χ1n) is 6.67. The number of anilines is 1. The van der Waals surface area contributed by atoms with Gasteiger partial charge in [0.15, 0.2) is 5.82 Å². The summed E-state index contributed by atoms with van der Waals surface area (Å²) in [6.45, 7) is 3.01. The molecule has 0 fully saturated rings. The molecule has 0 spiro atoms. The fourth-order valence-corrected chi connectivity index (χ4v) is 3.77. The predicted molar refractivity (Wildman–Crippen MR) is 83.9 cm³/mol. The lowest BCUT2D eigenvalue weighted by atomic mass is 9.96. The summed E-state index contributed by atoms with van der Waals surface area (Å²) in [5, 5.41) is 3.39. The largest absolute Gasteiger partial charge is 0.370 e. The van der Waals surface area contributed by atoms with Gasteiger partial charge in [0.2, 0.25) is 0 Å². The van der Waals surface area contributed by atoms with Gasteiger partial charge in [0, 0.05) is 17.8 Å². The highest BCUT2D eigenvalue weighted by Crippen LogP contribution is 2.33. The molecule has 2 aromatic heterocycles. The number of hydrogen-bond donors (Lipinski definition) is 1. The first-order chi connectivity index (χ1) is 9.28. The van der Waals surface area contributed by atoms with Gasteiger partial charge in [0.25, 0.3) is 0 Å². The van der Waals surface area contributed by atoms with Crippen molar-refractivity contribution in [2.24, 2.45) is 0 Å². The molecule has 0 atom stereocenters. The third kappa shape index (κ3) is 2.67. The van der Waals surface area contributed by atoms with Crippen LogP contribution in [0.25, 0.3) is 10.7 Å². The molecule has 2 heterocycles. The Bertz CT molecular complexity index is 594. The maximum absolute atomic E-state index is 4.78. The first-order valence-corrected chi connectivity index (χ1v) is 8.28. The normalized spacial score (nSPS) is 14.2. The zero-order valence-corrected chi connectivity index (χ0v) is 13.3. The van der Waals surface area contributed by atoms with Crippen molar-refractivity contribution in [3.05, 3.63) is 27.2 Å². The van der Waals surface area contributed by atoms with Gasteiger partial charge in [0.05, 0.1) is 8.66 Å². The van der Waals surface area contributed by atoms with Crippen molar-refractivity contribution in [2.45, 2.75) is 32.6 Å². The fraction of sp³-hybridized carbons (Fsp3) is 0.429. The van der Waals surface area contributed by atoms with E-state index in [0.29, 0.717) is 0 Å². The molecule has 0 saturated heterocycles. The zero-order chi connectivity index (χ0) is 13.2. The molecule has 2 aromatic rings. The lowest BCUT2D eigenvalue weighted by Gasteiger charge is -2.19. The van der Waals surface area contributed by atoms with Gasteiger partial charge in [-0.25, -0.2) is 9.97 Å². The molecule has 100 valence electrons. The third-order valence-corrected chi connectivity index (χ3v) is 4.94. The summed E-state index contributed by atoms with van der Waals surface area (Å²) in [6.07, 6.45) is 4.67. The average molecular weight is 338 g/mol. The highest BCUT2D eigenvalue weighted by Gasteiger charge is 2.18. The van der Waals surface area contributed by atoms with E-state index < -0.39 is 0 Å². The minimum atomic E-state index is 0.854. The molecule has 1 N–H and O–H groups in total. The monoisotopic (exact) mass is 337 g/mol. The van der Waals surface area contributed by atoms with Gasteiger partial charge < -0.3 is 5.32 Å². The Morgan fingerprint density at radius 1 is 1.26 bits per heavy atom. The molecule has 0 saturated carbocycles. The van der Waals surface area contributed by atoms with E-state index in [1.807, 2.05) is 0 Å². The number of nitrogens with one attached hydrogen (secondary N) is 1. The van der Waals surface area contributed by atoms with E-state index in [4.69, 9.17) is 9.97 Å². The van der Waals surface area contributed by atoms with Crippen LogP contribution in [0.2, 0.25) is 0 Å². The lowest BCUT2D eigenvalue weighted by Crippen LogP contribution is -2.13. The van der Waals surface area contributed by atoms with Crippen LogP contribution in [-0.2, 0) is 12.8 Å². The summed E-state index contributed by atoms with van der Waals surface area (Å²) in [5.74, 6) is 1.89. The number of rotatable bonds is 3. The van der Waals surface area contributed by atoms with Crippen LogP contribution in [0, 0.1) is 0 Å². The van der Waals surface area contributed by atoms with E-state index in [1.54, 1.807) is 11.3 Å².